The standard InChI is InChI=1S/C24H26ClN3O2/c1-16-22(27-21-10-7-18(25)15-20(21)23(16)29)24(30)26-12-11-17-5-8-19(9-6-17)28-13-3-2-4-14-28/h5-10,15H,2-4,11-14H2,1H3,(H,26,30)(H,27,29). The Balaban J connectivity index is 1.39. The van der Waals surface area contributed by atoms with Gasteiger partial charge in [-0.3, -0.25) is 9.59 Å². The fraction of sp³-hybridized carbons (Fsp3) is 0.333. The first-order chi connectivity index (χ1) is 14.5. The van der Waals surface area contributed by atoms with Crippen LogP contribution in [0.1, 0.15) is 40.9 Å². The lowest BCUT2D eigenvalue weighted by Crippen LogP contribution is -2.29. The van der Waals surface area contributed by atoms with Gasteiger partial charge in [-0.1, -0.05) is 23.7 Å². The van der Waals surface area contributed by atoms with Gasteiger partial charge in [0.15, 0.2) is 5.43 Å². The molecule has 156 valence electrons. The Morgan fingerprint density at radius 3 is 2.57 bits per heavy atom. The quantitative estimate of drug-likeness (QED) is 0.637. The van der Waals surface area contributed by atoms with E-state index in [1.54, 1.807) is 25.1 Å². The first-order valence-electron chi connectivity index (χ1n) is 10.5. The van der Waals surface area contributed by atoms with Crippen molar-refractivity contribution in [2.24, 2.45) is 0 Å². The van der Waals surface area contributed by atoms with Crippen molar-refractivity contribution in [3.05, 3.63) is 74.5 Å². The van der Waals surface area contributed by atoms with Crippen molar-refractivity contribution in [3.8, 4) is 0 Å². The summed E-state index contributed by atoms with van der Waals surface area (Å²) in [4.78, 5) is 30.8. The Labute approximate surface area is 181 Å². The van der Waals surface area contributed by atoms with Crippen LogP contribution in [0.3, 0.4) is 0 Å². The van der Waals surface area contributed by atoms with Gasteiger partial charge in [0, 0.05) is 46.8 Å². The number of hydrogen-bond donors (Lipinski definition) is 2. The second-order valence-electron chi connectivity index (χ2n) is 7.86. The van der Waals surface area contributed by atoms with Gasteiger partial charge < -0.3 is 15.2 Å². The largest absolute Gasteiger partial charge is 0.372 e. The van der Waals surface area contributed by atoms with E-state index in [-0.39, 0.29) is 11.3 Å². The normalized spacial score (nSPS) is 14.1. The molecule has 2 aromatic carbocycles. The number of benzene rings is 2. The summed E-state index contributed by atoms with van der Waals surface area (Å²) >= 11 is 5.99. The number of amides is 1. The Morgan fingerprint density at radius 1 is 1.10 bits per heavy atom. The van der Waals surface area contributed by atoms with E-state index >= 15 is 0 Å². The van der Waals surface area contributed by atoms with Crippen LogP contribution in [0.25, 0.3) is 10.9 Å². The highest BCUT2D eigenvalue weighted by Crippen LogP contribution is 2.20. The van der Waals surface area contributed by atoms with Crippen molar-refractivity contribution >= 4 is 34.1 Å². The van der Waals surface area contributed by atoms with Crippen molar-refractivity contribution < 1.29 is 4.79 Å². The number of pyridine rings is 1. The topological polar surface area (TPSA) is 65.2 Å². The third kappa shape index (κ3) is 4.36. The molecule has 0 atom stereocenters. The Kier molecular flexibility index (Phi) is 6.09. The molecule has 1 fully saturated rings. The van der Waals surface area contributed by atoms with E-state index in [2.05, 4.69) is 39.5 Å². The Hall–Kier alpha value is -2.79. The van der Waals surface area contributed by atoms with E-state index in [4.69, 9.17) is 11.6 Å². The van der Waals surface area contributed by atoms with E-state index in [1.807, 2.05) is 0 Å². The van der Waals surface area contributed by atoms with Crippen LogP contribution in [-0.2, 0) is 6.42 Å². The van der Waals surface area contributed by atoms with Crippen LogP contribution in [0.15, 0.2) is 47.3 Å². The van der Waals surface area contributed by atoms with Crippen molar-refractivity contribution in [2.45, 2.75) is 32.6 Å². The third-order valence-corrected chi connectivity index (χ3v) is 6.02. The van der Waals surface area contributed by atoms with Crippen LogP contribution < -0.4 is 15.6 Å². The van der Waals surface area contributed by atoms with Gasteiger partial charge in [0.25, 0.3) is 5.91 Å². The number of halogens is 1. The number of H-pyrrole nitrogens is 1. The molecule has 1 saturated heterocycles. The van der Waals surface area contributed by atoms with Gasteiger partial charge >= 0.3 is 0 Å². The summed E-state index contributed by atoms with van der Waals surface area (Å²) in [5, 5.41) is 3.91. The van der Waals surface area contributed by atoms with E-state index in [9.17, 15) is 9.59 Å². The zero-order valence-corrected chi connectivity index (χ0v) is 17.9. The monoisotopic (exact) mass is 423 g/mol. The molecule has 0 radical (unpaired) electrons. The summed E-state index contributed by atoms with van der Waals surface area (Å²) in [5.74, 6) is -0.272. The van der Waals surface area contributed by atoms with Gasteiger partial charge in [-0.2, -0.15) is 0 Å². The van der Waals surface area contributed by atoms with Gasteiger partial charge in [0.05, 0.1) is 0 Å². The fourth-order valence-electron chi connectivity index (χ4n) is 4.02. The van der Waals surface area contributed by atoms with Gasteiger partial charge in [-0.05, 0) is 68.5 Å². The molecule has 1 amide bonds. The minimum Gasteiger partial charge on any atom is -0.372 e. The first kappa shape index (κ1) is 20.5. The number of aromatic amines is 1. The van der Waals surface area contributed by atoms with Gasteiger partial charge in [-0.25, -0.2) is 0 Å². The Bertz CT molecular complexity index is 1120. The maximum atomic E-state index is 12.7. The first-order valence-corrected chi connectivity index (χ1v) is 10.8. The molecule has 4 rings (SSSR count). The summed E-state index contributed by atoms with van der Waals surface area (Å²) in [6, 6.07) is 13.6. The molecule has 3 aromatic rings. The molecule has 0 saturated carbocycles. The number of fused-ring (bicyclic) bond motifs is 1. The maximum Gasteiger partial charge on any atom is 0.268 e. The minimum absolute atomic E-state index is 0.176. The number of piperidine rings is 1. The third-order valence-electron chi connectivity index (χ3n) is 5.79. The molecular weight excluding hydrogens is 398 g/mol. The lowest BCUT2D eigenvalue weighted by Gasteiger charge is -2.28. The maximum absolute atomic E-state index is 12.7. The zero-order chi connectivity index (χ0) is 21.1. The van der Waals surface area contributed by atoms with Crippen molar-refractivity contribution in [1.29, 1.82) is 0 Å². The molecule has 0 bridgehead atoms. The van der Waals surface area contributed by atoms with Crippen LogP contribution in [-0.4, -0.2) is 30.5 Å². The Morgan fingerprint density at radius 2 is 1.83 bits per heavy atom. The second kappa shape index (κ2) is 8.92. The zero-order valence-electron chi connectivity index (χ0n) is 17.1. The molecule has 0 aliphatic carbocycles. The molecule has 6 heteroatoms. The SMILES string of the molecule is Cc1c(C(=O)NCCc2ccc(N3CCCCC3)cc2)[nH]c2ccc(Cl)cc2c1=O. The predicted octanol–water partition coefficient (Wildman–Crippen LogP) is 4.45. The van der Waals surface area contributed by atoms with Crippen LogP contribution in [0.4, 0.5) is 5.69 Å². The minimum atomic E-state index is -0.272. The molecule has 1 aliphatic heterocycles. The number of rotatable bonds is 5. The van der Waals surface area contributed by atoms with Gasteiger partial charge in [-0.15, -0.1) is 0 Å². The highest BCUT2D eigenvalue weighted by atomic mass is 35.5. The number of nitrogens with zero attached hydrogens (tertiary/aromatic N) is 1. The van der Waals surface area contributed by atoms with Crippen molar-refractivity contribution in [3.63, 3.8) is 0 Å². The highest BCUT2D eigenvalue weighted by Gasteiger charge is 2.15. The molecule has 2 N–H and O–H groups in total. The number of aromatic nitrogens is 1. The second-order valence-corrected chi connectivity index (χ2v) is 8.30. The number of nitrogens with one attached hydrogen (secondary N) is 2. The molecule has 30 heavy (non-hydrogen) atoms. The number of anilines is 1. The van der Waals surface area contributed by atoms with E-state index in [0.29, 0.717) is 33.7 Å². The van der Waals surface area contributed by atoms with E-state index in [0.717, 1.165) is 19.5 Å². The lowest BCUT2D eigenvalue weighted by molar-refractivity contribution is 0.0948. The number of hydrogen-bond acceptors (Lipinski definition) is 3. The van der Waals surface area contributed by atoms with Crippen LogP contribution in [0.5, 0.6) is 0 Å². The van der Waals surface area contributed by atoms with Gasteiger partial charge in [0.1, 0.15) is 5.69 Å². The summed E-state index contributed by atoms with van der Waals surface area (Å²) < 4.78 is 0. The molecular formula is C24H26ClN3O2. The average molecular weight is 424 g/mol. The van der Waals surface area contributed by atoms with Crippen LogP contribution in [0.2, 0.25) is 5.02 Å². The number of carbonyl (C=O) groups excluding carboxylic acids is 1. The van der Waals surface area contributed by atoms with Gasteiger partial charge in [0.2, 0.25) is 0 Å². The van der Waals surface area contributed by atoms with Crippen molar-refractivity contribution in [2.75, 3.05) is 24.5 Å². The molecule has 1 aliphatic rings. The summed E-state index contributed by atoms with van der Waals surface area (Å²) in [6.45, 7) is 4.42. The number of carbonyl (C=O) groups is 1. The molecule has 0 unspecified atom stereocenters. The highest BCUT2D eigenvalue weighted by molar-refractivity contribution is 6.31. The van der Waals surface area contributed by atoms with E-state index in [1.165, 1.54) is 30.5 Å². The molecule has 1 aromatic heterocycles. The van der Waals surface area contributed by atoms with Crippen LogP contribution in [0, 0.1) is 6.92 Å². The smallest absolute Gasteiger partial charge is 0.268 e. The average Bonchev–Trinajstić information content (AvgIpc) is 2.77. The lowest BCUT2D eigenvalue weighted by atomic mass is 10.1. The molecule has 5 nitrogen and oxygen atoms in total. The fourth-order valence-corrected chi connectivity index (χ4v) is 4.19. The van der Waals surface area contributed by atoms with E-state index < -0.39 is 0 Å². The molecule has 0 spiro atoms. The summed E-state index contributed by atoms with van der Waals surface area (Å²) in [5.41, 5.74) is 3.57. The van der Waals surface area contributed by atoms with Crippen LogP contribution >= 0.6 is 11.6 Å². The van der Waals surface area contributed by atoms with Crippen molar-refractivity contribution in [1.82, 2.24) is 10.3 Å². The summed E-state index contributed by atoms with van der Waals surface area (Å²) in [7, 11) is 0. The molecule has 2 heterocycles. The summed E-state index contributed by atoms with van der Waals surface area (Å²) in [6.07, 6.45) is 4.58. The predicted molar refractivity (Wildman–Crippen MR) is 123 cm³/mol.